The fourth-order valence-electron chi connectivity index (χ4n) is 8.30. The summed E-state index contributed by atoms with van der Waals surface area (Å²) in [6.07, 6.45) is 13.4. The molecule has 0 radical (unpaired) electrons. The summed E-state index contributed by atoms with van der Waals surface area (Å²) in [7, 11) is 1.49. The van der Waals surface area contributed by atoms with Gasteiger partial charge in [0.05, 0.1) is 23.7 Å². The van der Waals surface area contributed by atoms with Crippen LogP contribution in [0.4, 0.5) is 32.0 Å². The highest BCUT2D eigenvalue weighted by atomic mass is 19.4. The first kappa shape index (κ1) is 50.5. The lowest BCUT2D eigenvalue weighted by molar-refractivity contribution is -0.137. The summed E-state index contributed by atoms with van der Waals surface area (Å²) in [6.45, 7) is 10.1. The highest BCUT2D eigenvalue weighted by molar-refractivity contribution is 5.77. The van der Waals surface area contributed by atoms with Crippen molar-refractivity contribution in [3.8, 4) is 33.6 Å². The van der Waals surface area contributed by atoms with Gasteiger partial charge in [0.2, 0.25) is 0 Å². The maximum absolute atomic E-state index is 14.8. The summed E-state index contributed by atoms with van der Waals surface area (Å²) in [5, 5.41) is 0. The molecule has 3 heterocycles. The van der Waals surface area contributed by atoms with Crippen LogP contribution in [0.2, 0.25) is 0 Å². The zero-order valence-electron chi connectivity index (χ0n) is 39.4. The first-order valence-electron chi connectivity index (χ1n) is 22.9. The summed E-state index contributed by atoms with van der Waals surface area (Å²) in [5.41, 5.74) is 7.73. The number of allylic oxidation sites excluding steroid dienone is 9. The van der Waals surface area contributed by atoms with E-state index in [-0.39, 0.29) is 28.6 Å². The zero-order valence-corrected chi connectivity index (χ0v) is 39.4. The van der Waals surface area contributed by atoms with Gasteiger partial charge in [-0.25, -0.2) is 0 Å². The van der Waals surface area contributed by atoms with Crippen LogP contribution in [-0.2, 0) is 19.4 Å². The zero-order chi connectivity index (χ0) is 48.8. The van der Waals surface area contributed by atoms with Gasteiger partial charge in [-0.15, -0.1) is 0 Å². The van der Waals surface area contributed by atoms with Crippen molar-refractivity contribution in [3.63, 3.8) is 0 Å². The van der Waals surface area contributed by atoms with E-state index in [0.29, 0.717) is 24.2 Å². The van der Waals surface area contributed by atoms with Gasteiger partial charge in [0.25, 0.3) is 0 Å². The van der Waals surface area contributed by atoms with Crippen LogP contribution in [0.5, 0.6) is 0 Å². The Morgan fingerprint density at radius 3 is 1.78 bits per heavy atom. The maximum Gasteiger partial charge on any atom is 0.417 e. The van der Waals surface area contributed by atoms with Crippen molar-refractivity contribution in [1.82, 2.24) is 9.55 Å². The smallest absolute Gasteiger partial charge is 0.344 e. The van der Waals surface area contributed by atoms with Gasteiger partial charge in [-0.1, -0.05) is 134 Å². The van der Waals surface area contributed by atoms with E-state index in [9.17, 15) is 26.3 Å². The standard InChI is InChI=1S/C37H33F6N3.C13H12.C6H7N.C2H6/c1-24-10-16-30(32(21-24)36(38,39)40)34-18-19-35(45(34)2)31-17-15-28(22-33(31)37(41,42)43)46(29-9-6-20-44-23-29)27-13-11-26(12-14-27)25-7-4-3-5-8-25;1-11-7-9-13(10-8-11)12-5-3-2-4-6-12;1-6-3-2-4-7-5-6;1-2/h3-4,6-7,9-11,13,15-22,29H,5,8,12,14,23H2,1-2H3;2-10H,1H3;2-5H,1H3;1-2H3. The average molecular weight is 925 g/mol. The molecule has 0 saturated carbocycles. The number of aromatic nitrogens is 2. The second kappa shape index (κ2) is 23.2. The Balaban J connectivity index is 0.000000282. The number of anilines is 1. The Morgan fingerprint density at radius 2 is 1.24 bits per heavy atom. The van der Waals surface area contributed by atoms with Crippen LogP contribution in [-0.4, -0.2) is 28.4 Å². The number of aryl methyl sites for hydroxylation is 3. The van der Waals surface area contributed by atoms with E-state index >= 15 is 0 Å². The topological polar surface area (TPSA) is 33.4 Å². The van der Waals surface area contributed by atoms with Crippen LogP contribution in [0.1, 0.15) is 67.3 Å². The van der Waals surface area contributed by atoms with Crippen LogP contribution in [0, 0.1) is 20.8 Å². The van der Waals surface area contributed by atoms with Crippen molar-refractivity contribution < 1.29 is 26.3 Å². The Bertz CT molecular complexity index is 2790. The first-order valence-corrected chi connectivity index (χ1v) is 22.9. The Kier molecular flexibility index (Phi) is 17.2. The number of hydrogen-bond acceptors (Lipinski definition) is 3. The molecule has 0 amide bonds. The summed E-state index contributed by atoms with van der Waals surface area (Å²) in [6, 6.07) is 33.8. The largest absolute Gasteiger partial charge is 0.417 e. The van der Waals surface area contributed by atoms with Gasteiger partial charge in [-0.05, 0) is 123 Å². The van der Waals surface area contributed by atoms with Crippen molar-refractivity contribution in [2.24, 2.45) is 12.0 Å². The number of hydrogen-bond donors (Lipinski definition) is 0. The second-order valence-electron chi connectivity index (χ2n) is 16.5. The predicted molar refractivity (Wildman–Crippen MR) is 269 cm³/mol. The molecule has 4 aromatic carbocycles. The fraction of sp³-hybridized carbons (Fsp3) is 0.241. The number of pyridine rings is 1. The molecular formula is C58H58F6N4. The molecule has 4 nitrogen and oxygen atoms in total. The van der Waals surface area contributed by atoms with Crippen molar-refractivity contribution in [2.45, 2.75) is 78.7 Å². The molecule has 0 bridgehead atoms. The van der Waals surface area contributed by atoms with E-state index in [1.165, 1.54) is 69.3 Å². The molecule has 6 aromatic rings. The molecule has 1 aliphatic heterocycles. The molecular weight excluding hydrogens is 867 g/mol. The molecule has 9 rings (SSSR count). The van der Waals surface area contributed by atoms with E-state index in [1.807, 2.05) is 62.2 Å². The van der Waals surface area contributed by atoms with Gasteiger partial charge in [0.1, 0.15) is 0 Å². The van der Waals surface area contributed by atoms with Crippen LogP contribution in [0.15, 0.2) is 192 Å². The van der Waals surface area contributed by atoms with Gasteiger partial charge in [0, 0.05) is 59.6 Å². The van der Waals surface area contributed by atoms with Gasteiger partial charge in [-0.3, -0.25) is 9.98 Å². The monoisotopic (exact) mass is 924 g/mol. The molecule has 2 aliphatic carbocycles. The molecule has 352 valence electrons. The molecule has 10 heteroatoms. The number of halogens is 6. The summed E-state index contributed by atoms with van der Waals surface area (Å²) in [5.74, 6) is 0. The number of aliphatic imine (C=N–C) groups is 1. The molecule has 0 spiro atoms. The molecule has 0 saturated heterocycles. The third kappa shape index (κ3) is 12.9. The fourth-order valence-corrected chi connectivity index (χ4v) is 8.30. The predicted octanol–water partition coefficient (Wildman–Crippen LogP) is 16.5. The van der Waals surface area contributed by atoms with E-state index in [0.717, 1.165) is 37.1 Å². The van der Waals surface area contributed by atoms with Gasteiger partial charge in [0.15, 0.2) is 0 Å². The lowest BCUT2D eigenvalue weighted by Crippen LogP contribution is -2.37. The van der Waals surface area contributed by atoms with Crippen molar-refractivity contribution in [3.05, 3.63) is 215 Å². The van der Waals surface area contributed by atoms with E-state index in [1.54, 1.807) is 37.5 Å². The van der Waals surface area contributed by atoms with Crippen molar-refractivity contribution >= 4 is 11.9 Å². The number of benzene rings is 4. The highest BCUT2D eigenvalue weighted by Gasteiger charge is 2.37. The van der Waals surface area contributed by atoms with Crippen molar-refractivity contribution in [1.29, 1.82) is 0 Å². The third-order valence-corrected chi connectivity index (χ3v) is 11.7. The molecule has 68 heavy (non-hydrogen) atoms. The summed E-state index contributed by atoms with van der Waals surface area (Å²) in [4.78, 5) is 10.2. The second-order valence-corrected chi connectivity index (χ2v) is 16.5. The quantitative estimate of drug-likeness (QED) is 0.150. The lowest BCUT2D eigenvalue weighted by Gasteiger charge is -2.36. The van der Waals surface area contributed by atoms with Crippen LogP contribution >= 0.6 is 0 Å². The SMILES string of the molecule is CC.Cc1ccc(-c2ccc(-c3ccc(N(C4=CC=C(C5=CC=CCC5)CC4)C4C=CC=NC4)cc3C(F)(F)F)n2C)c(C(F)(F)F)c1.Cc1ccc(-c2ccccc2)cc1.Cc1cccnc1. The number of rotatable bonds is 7. The Morgan fingerprint density at radius 1 is 0.603 bits per heavy atom. The molecule has 2 aromatic heterocycles. The highest BCUT2D eigenvalue weighted by Crippen LogP contribution is 2.44. The average Bonchev–Trinajstić information content (AvgIpc) is 3.74. The summed E-state index contributed by atoms with van der Waals surface area (Å²) < 4.78 is 87.6. The van der Waals surface area contributed by atoms with Crippen molar-refractivity contribution in [2.75, 3.05) is 11.4 Å². The lowest BCUT2D eigenvalue weighted by atomic mass is 9.90. The van der Waals surface area contributed by atoms with Gasteiger partial charge < -0.3 is 9.47 Å². The molecule has 1 atom stereocenters. The minimum Gasteiger partial charge on any atom is -0.344 e. The van der Waals surface area contributed by atoms with Crippen LogP contribution in [0.3, 0.4) is 0 Å². The first-order chi connectivity index (χ1) is 32.7. The molecule has 1 unspecified atom stereocenters. The Labute approximate surface area is 397 Å². The van der Waals surface area contributed by atoms with Gasteiger partial charge in [-0.2, -0.15) is 26.3 Å². The van der Waals surface area contributed by atoms with E-state index < -0.39 is 23.5 Å². The molecule has 0 N–H and O–H groups in total. The molecule has 3 aliphatic rings. The number of dihydropyridines is 1. The number of nitrogens with zero attached hydrogens (tertiary/aromatic N) is 4. The van der Waals surface area contributed by atoms with Crippen LogP contribution in [0.25, 0.3) is 33.6 Å². The number of alkyl halides is 6. The van der Waals surface area contributed by atoms with Crippen LogP contribution < -0.4 is 4.90 Å². The summed E-state index contributed by atoms with van der Waals surface area (Å²) >= 11 is 0. The minimum absolute atomic E-state index is 0.0930. The maximum atomic E-state index is 14.8. The van der Waals surface area contributed by atoms with E-state index in [4.69, 9.17) is 0 Å². The minimum atomic E-state index is -4.72. The molecule has 0 fully saturated rings. The van der Waals surface area contributed by atoms with E-state index in [2.05, 4.69) is 89.7 Å². The normalized spacial score (nSPS) is 15.3. The van der Waals surface area contributed by atoms with Gasteiger partial charge >= 0.3 is 12.4 Å². The third-order valence-electron chi connectivity index (χ3n) is 11.7. The Hall–Kier alpha value is -6.94.